The zero-order chi connectivity index (χ0) is 18.4. The number of aliphatic hydroxyl groups is 1. The maximum Gasteiger partial charge on any atom is 0.313 e. The largest absolute Gasteiger partial charge is 0.508 e. The number of aromatic amines is 2. The highest BCUT2D eigenvalue weighted by Crippen LogP contribution is 2.45. The second-order valence-corrected chi connectivity index (χ2v) is 7.04. The average Bonchev–Trinajstić information content (AvgIpc) is 2.84. The molecule has 1 aliphatic rings. The Hall–Kier alpha value is -2.54. The molecule has 0 amide bonds. The van der Waals surface area contributed by atoms with Gasteiger partial charge < -0.3 is 20.0 Å². The molecule has 0 spiro atoms. The van der Waals surface area contributed by atoms with Crippen molar-refractivity contribution in [2.45, 2.75) is 44.8 Å². The van der Waals surface area contributed by atoms with Gasteiger partial charge in [-0.3, -0.25) is 14.7 Å². The standard InChI is InChI=1S/C18H22N2O5/c1-9(2)25-17(23)15-13(10-5-4-6-11(21)7-10)14-12(8-18(15,3)24)19-20-16(14)22/h4-7,9,13,15,21,24H,8H2,1-3H3,(H2,19,20,22)/t13-,15-,18+/m0/s1. The smallest absolute Gasteiger partial charge is 0.313 e. The minimum Gasteiger partial charge on any atom is -0.508 e. The predicted octanol–water partition coefficient (Wildman–Crippen LogP) is 1.42. The van der Waals surface area contributed by atoms with Gasteiger partial charge in [-0.1, -0.05) is 12.1 Å². The van der Waals surface area contributed by atoms with E-state index in [0.717, 1.165) is 0 Å². The van der Waals surface area contributed by atoms with Crippen molar-refractivity contribution in [3.8, 4) is 5.75 Å². The number of benzene rings is 1. The van der Waals surface area contributed by atoms with Crippen LogP contribution in [0.3, 0.4) is 0 Å². The summed E-state index contributed by atoms with van der Waals surface area (Å²) in [7, 11) is 0. The Bertz CT molecular complexity index is 849. The Kier molecular flexibility index (Phi) is 4.20. The average molecular weight is 346 g/mol. The Labute approximate surface area is 144 Å². The van der Waals surface area contributed by atoms with Crippen LogP contribution in [0.5, 0.6) is 5.75 Å². The number of esters is 1. The molecule has 0 aliphatic heterocycles. The Morgan fingerprint density at radius 3 is 2.72 bits per heavy atom. The molecule has 7 heteroatoms. The molecule has 4 N–H and O–H groups in total. The molecule has 0 saturated heterocycles. The van der Waals surface area contributed by atoms with E-state index < -0.39 is 23.4 Å². The summed E-state index contributed by atoms with van der Waals surface area (Å²) in [6.45, 7) is 5.02. The maximum atomic E-state index is 12.8. The number of phenolic OH excluding ortho intramolecular Hbond substituents is 1. The Morgan fingerprint density at radius 1 is 1.36 bits per heavy atom. The van der Waals surface area contributed by atoms with E-state index in [0.29, 0.717) is 16.8 Å². The number of carbonyl (C=O) groups is 1. The molecule has 1 aromatic heterocycles. The summed E-state index contributed by atoms with van der Waals surface area (Å²) in [5.41, 5.74) is -0.252. The van der Waals surface area contributed by atoms with Crippen LogP contribution in [0.25, 0.3) is 0 Å². The second kappa shape index (κ2) is 6.07. The van der Waals surface area contributed by atoms with Crippen LogP contribution >= 0.6 is 0 Å². The highest BCUT2D eigenvalue weighted by atomic mass is 16.5. The molecular formula is C18H22N2O5. The van der Waals surface area contributed by atoms with Crippen LogP contribution in [-0.4, -0.2) is 38.1 Å². The highest BCUT2D eigenvalue weighted by Gasteiger charge is 2.51. The Morgan fingerprint density at radius 2 is 2.08 bits per heavy atom. The van der Waals surface area contributed by atoms with E-state index in [-0.39, 0.29) is 23.8 Å². The van der Waals surface area contributed by atoms with Crippen molar-refractivity contribution in [1.82, 2.24) is 10.2 Å². The van der Waals surface area contributed by atoms with Gasteiger partial charge in [0.15, 0.2) is 0 Å². The number of carbonyl (C=O) groups excluding carboxylic acids is 1. The Balaban J connectivity index is 2.20. The summed E-state index contributed by atoms with van der Waals surface area (Å²) in [5, 5.41) is 26.1. The number of nitrogens with one attached hydrogen (secondary N) is 2. The van der Waals surface area contributed by atoms with Crippen LogP contribution in [0.15, 0.2) is 29.1 Å². The molecule has 7 nitrogen and oxygen atoms in total. The van der Waals surface area contributed by atoms with Crippen LogP contribution < -0.4 is 5.56 Å². The summed E-state index contributed by atoms with van der Waals surface area (Å²) in [4.78, 5) is 25.1. The summed E-state index contributed by atoms with van der Waals surface area (Å²) in [6.07, 6.45) is -0.229. The number of H-pyrrole nitrogens is 2. The fourth-order valence-electron chi connectivity index (χ4n) is 3.64. The van der Waals surface area contributed by atoms with Crippen LogP contribution in [0.4, 0.5) is 0 Å². The van der Waals surface area contributed by atoms with Gasteiger partial charge in [-0.05, 0) is 38.5 Å². The van der Waals surface area contributed by atoms with E-state index in [9.17, 15) is 19.8 Å². The molecule has 1 aliphatic carbocycles. The van der Waals surface area contributed by atoms with Gasteiger partial charge in [-0.25, -0.2) is 0 Å². The van der Waals surface area contributed by atoms with E-state index in [2.05, 4.69) is 10.2 Å². The molecule has 0 saturated carbocycles. The third-order valence-corrected chi connectivity index (χ3v) is 4.58. The molecular weight excluding hydrogens is 324 g/mol. The number of rotatable bonds is 3. The molecule has 1 aromatic carbocycles. The molecule has 3 atom stereocenters. The van der Waals surface area contributed by atoms with Crippen molar-refractivity contribution in [3.63, 3.8) is 0 Å². The number of hydrogen-bond donors (Lipinski definition) is 4. The summed E-state index contributed by atoms with van der Waals surface area (Å²) in [5.74, 6) is -2.25. The zero-order valence-electron chi connectivity index (χ0n) is 14.4. The van der Waals surface area contributed by atoms with E-state index in [1.54, 1.807) is 32.9 Å². The SMILES string of the molecule is CC(C)OC(=O)[C@@H]1[C@@H](c2cccc(O)c2)c2c([nH][nH]c2=O)C[C@@]1(C)O. The van der Waals surface area contributed by atoms with Crippen molar-refractivity contribution in [3.05, 3.63) is 51.4 Å². The van der Waals surface area contributed by atoms with Crippen LogP contribution in [0.2, 0.25) is 0 Å². The first-order valence-corrected chi connectivity index (χ1v) is 8.22. The lowest BCUT2D eigenvalue weighted by Gasteiger charge is -2.40. The predicted molar refractivity (Wildman–Crippen MR) is 90.4 cm³/mol. The number of ether oxygens (including phenoxy) is 1. The van der Waals surface area contributed by atoms with E-state index in [4.69, 9.17) is 4.74 Å². The van der Waals surface area contributed by atoms with E-state index in [1.165, 1.54) is 12.1 Å². The molecule has 0 fully saturated rings. The first kappa shape index (κ1) is 17.3. The summed E-state index contributed by atoms with van der Waals surface area (Å²) >= 11 is 0. The van der Waals surface area contributed by atoms with Gasteiger partial charge in [0.1, 0.15) is 5.75 Å². The summed E-state index contributed by atoms with van der Waals surface area (Å²) in [6, 6.07) is 6.36. The van der Waals surface area contributed by atoms with Crippen molar-refractivity contribution in [2.75, 3.05) is 0 Å². The molecule has 0 radical (unpaired) electrons. The molecule has 0 bridgehead atoms. The molecule has 3 rings (SSSR count). The van der Waals surface area contributed by atoms with E-state index in [1.807, 2.05) is 0 Å². The quantitative estimate of drug-likeness (QED) is 0.627. The molecule has 2 aromatic rings. The van der Waals surface area contributed by atoms with Crippen LogP contribution in [0.1, 0.15) is 43.5 Å². The lowest BCUT2D eigenvalue weighted by molar-refractivity contribution is -0.163. The van der Waals surface area contributed by atoms with Crippen LogP contribution in [0, 0.1) is 5.92 Å². The normalized spacial score (nSPS) is 25.6. The topological polar surface area (TPSA) is 115 Å². The molecule has 0 unspecified atom stereocenters. The van der Waals surface area contributed by atoms with Gasteiger partial charge in [0.2, 0.25) is 0 Å². The number of aromatic hydroxyl groups is 1. The lowest BCUT2D eigenvalue weighted by atomic mass is 9.66. The lowest BCUT2D eigenvalue weighted by Crippen LogP contribution is -2.50. The fourth-order valence-corrected chi connectivity index (χ4v) is 3.64. The molecule has 1 heterocycles. The zero-order valence-corrected chi connectivity index (χ0v) is 14.4. The molecule has 134 valence electrons. The third-order valence-electron chi connectivity index (χ3n) is 4.58. The van der Waals surface area contributed by atoms with E-state index >= 15 is 0 Å². The van der Waals surface area contributed by atoms with Gasteiger partial charge in [-0.2, -0.15) is 0 Å². The van der Waals surface area contributed by atoms with Gasteiger partial charge in [-0.15, -0.1) is 0 Å². The van der Waals surface area contributed by atoms with Crippen LogP contribution in [-0.2, 0) is 16.0 Å². The number of phenols is 1. The number of aromatic nitrogens is 2. The number of hydrogen-bond acceptors (Lipinski definition) is 5. The van der Waals surface area contributed by atoms with Crippen molar-refractivity contribution in [1.29, 1.82) is 0 Å². The van der Waals surface area contributed by atoms with Gasteiger partial charge in [0.05, 0.1) is 17.6 Å². The van der Waals surface area contributed by atoms with Gasteiger partial charge in [0, 0.05) is 23.6 Å². The minimum atomic E-state index is -1.42. The first-order chi connectivity index (χ1) is 11.7. The monoisotopic (exact) mass is 346 g/mol. The molecule has 25 heavy (non-hydrogen) atoms. The van der Waals surface area contributed by atoms with Crippen molar-refractivity contribution >= 4 is 5.97 Å². The second-order valence-electron chi connectivity index (χ2n) is 7.04. The first-order valence-electron chi connectivity index (χ1n) is 8.22. The highest BCUT2D eigenvalue weighted by molar-refractivity contribution is 5.77. The van der Waals surface area contributed by atoms with Gasteiger partial charge in [0.25, 0.3) is 5.56 Å². The summed E-state index contributed by atoms with van der Waals surface area (Å²) < 4.78 is 5.35. The van der Waals surface area contributed by atoms with Crippen molar-refractivity contribution in [2.24, 2.45) is 5.92 Å². The third kappa shape index (κ3) is 3.07. The number of fused-ring (bicyclic) bond motifs is 1. The maximum absolute atomic E-state index is 12.8. The fraction of sp³-hybridized carbons (Fsp3) is 0.444. The van der Waals surface area contributed by atoms with Gasteiger partial charge >= 0.3 is 5.97 Å². The van der Waals surface area contributed by atoms with Crippen molar-refractivity contribution < 1.29 is 19.7 Å². The minimum absolute atomic E-state index is 0.0206.